The maximum Gasteiger partial charge on any atom is 1.00 e. The Labute approximate surface area is 214 Å². The van der Waals surface area contributed by atoms with Gasteiger partial charge in [-0.25, -0.2) is 0 Å². The van der Waals surface area contributed by atoms with Gasteiger partial charge in [-0.2, -0.15) is 0 Å². The molecule has 0 aliphatic heterocycles. The van der Waals surface area contributed by atoms with E-state index in [0.29, 0.717) is 31.5 Å². The van der Waals surface area contributed by atoms with Crippen molar-refractivity contribution in [2.24, 2.45) is 0 Å². The first kappa shape index (κ1) is 32.7. The molecule has 0 spiro atoms. The van der Waals surface area contributed by atoms with Gasteiger partial charge in [-0.3, -0.25) is 0 Å². The van der Waals surface area contributed by atoms with Gasteiger partial charge in [-0.05, 0) is 56.9 Å². The minimum atomic E-state index is -2.25. The van der Waals surface area contributed by atoms with Crippen molar-refractivity contribution >= 4 is 63.7 Å². The Bertz CT molecular complexity index is 604. The molecule has 0 aliphatic carbocycles. The van der Waals surface area contributed by atoms with E-state index >= 15 is 0 Å². The van der Waals surface area contributed by atoms with Gasteiger partial charge in [-0.15, -0.1) is 0 Å². The molecule has 1 aromatic carbocycles. The van der Waals surface area contributed by atoms with E-state index in [1.807, 2.05) is 27.7 Å². The van der Waals surface area contributed by atoms with Crippen molar-refractivity contribution < 1.29 is 57.6 Å². The van der Waals surface area contributed by atoms with Crippen LogP contribution in [0, 0.1) is 0 Å². The van der Waals surface area contributed by atoms with Gasteiger partial charge >= 0.3 is 29.6 Å². The summed E-state index contributed by atoms with van der Waals surface area (Å²) in [5.41, 5.74) is -4.29. The van der Waals surface area contributed by atoms with Crippen molar-refractivity contribution in [2.75, 3.05) is 31.5 Å². The fourth-order valence-corrected chi connectivity index (χ4v) is 14.3. The van der Waals surface area contributed by atoms with Crippen molar-refractivity contribution in [3.05, 3.63) is 35.9 Å². The first-order valence-corrected chi connectivity index (χ1v) is 17.0. The third-order valence-corrected chi connectivity index (χ3v) is 14.6. The SMILES string of the molecule is CCOP(=S)(OCC)SCSP(=S)(OCC)OCC.O=C([O-])c1ccccc1.[Na+]. The zero-order chi connectivity index (χ0) is 21.5. The summed E-state index contributed by atoms with van der Waals surface area (Å²) in [6.07, 6.45) is 0. The van der Waals surface area contributed by atoms with Crippen LogP contribution in [0.25, 0.3) is 0 Å². The molecule has 162 valence electrons. The van der Waals surface area contributed by atoms with E-state index in [4.69, 9.17) is 41.7 Å². The molecule has 0 fully saturated rings. The minimum absolute atomic E-state index is 0. The van der Waals surface area contributed by atoms with E-state index < -0.39 is 17.4 Å². The number of aromatic carboxylic acids is 1. The summed E-state index contributed by atoms with van der Waals surface area (Å²) < 4.78 is 22.2. The smallest absolute Gasteiger partial charge is 0.545 e. The normalized spacial score (nSPS) is 11.2. The average Bonchev–Trinajstić information content (AvgIpc) is 2.63. The third kappa shape index (κ3) is 15.9. The van der Waals surface area contributed by atoms with Gasteiger partial charge in [0.2, 0.25) is 11.4 Å². The quantitative estimate of drug-likeness (QED) is 0.216. The van der Waals surface area contributed by atoms with E-state index in [0.717, 1.165) is 0 Å². The van der Waals surface area contributed by atoms with Crippen LogP contribution in [0.4, 0.5) is 0 Å². The topological polar surface area (TPSA) is 77.0 Å². The molecule has 0 aromatic heterocycles. The summed E-state index contributed by atoms with van der Waals surface area (Å²) in [5, 5.41) is 10.8. The van der Waals surface area contributed by atoms with E-state index in [1.165, 1.54) is 34.9 Å². The fourth-order valence-electron chi connectivity index (χ4n) is 1.58. The summed E-state index contributed by atoms with van der Waals surface area (Å²) in [4.78, 5) is 10.1. The molecule has 0 radical (unpaired) electrons. The summed E-state index contributed by atoms with van der Waals surface area (Å²) in [5.74, 6) is -1.13. The van der Waals surface area contributed by atoms with Crippen molar-refractivity contribution in [2.45, 2.75) is 27.7 Å². The first-order chi connectivity index (χ1) is 13.3. The van der Waals surface area contributed by atoms with Crippen LogP contribution in [0.2, 0.25) is 0 Å². The Morgan fingerprint density at radius 1 is 0.862 bits per heavy atom. The number of carbonyl (C=O) groups is 1. The van der Waals surface area contributed by atoms with Gasteiger partial charge in [0.05, 0.1) is 37.5 Å². The van der Waals surface area contributed by atoms with E-state index in [-0.39, 0.29) is 35.1 Å². The Morgan fingerprint density at radius 2 is 1.21 bits per heavy atom. The largest absolute Gasteiger partial charge is 1.00 e. The maximum absolute atomic E-state index is 10.1. The molecule has 1 rings (SSSR count). The second kappa shape index (κ2) is 19.0. The maximum atomic E-state index is 10.1. The monoisotopic (exact) mass is 528 g/mol. The Balaban J connectivity index is 0. The molecule has 0 saturated heterocycles. The van der Waals surface area contributed by atoms with Crippen molar-refractivity contribution in [3.63, 3.8) is 0 Å². The zero-order valence-electron chi connectivity index (χ0n) is 17.4. The number of hydrogen-bond donors (Lipinski definition) is 0. The number of carboxylic acids is 1. The van der Waals surface area contributed by atoms with Gasteiger partial charge in [0.25, 0.3) is 0 Å². The van der Waals surface area contributed by atoms with Crippen LogP contribution in [-0.4, -0.2) is 37.5 Å². The van der Waals surface area contributed by atoms with Crippen LogP contribution in [0.5, 0.6) is 0 Å². The average molecular weight is 529 g/mol. The molecule has 0 N–H and O–H groups in total. The summed E-state index contributed by atoms with van der Waals surface area (Å²) in [6, 6.07) is 8.06. The molecule has 29 heavy (non-hydrogen) atoms. The fraction of sp³-hybridized carbons (Fsp3) is 0.562. The Morgan fingerprint density at radius 3 is 1.45 bits per heavy atom. The van der Waals surface area contributed by atoms with Crippen LogP contribution in [0.3, 0.4) is 0 Å². The van der Waals surface area contributed by atoms with Gasteiger partial charge in [0.1, 0.15) is 0 Å². The number of carboxylic acid groups (broad SMARTS) is 1. The second-order valence-electron chi connectivity index (χ2n) is 4.60. The molecule has 0 unspecified atom stereocenters. The Hall–Kier alpha value is 1.53. The molecule has 1 aromatic rings. The molecular formula is C16H27NaO6P2S4. The van der Waals surface area contributed by atoms with E-state index in [9.17, 15) is 9.90 Å². The van der Waals surface area contributed by atoms with Crippen LogP contribution in [-0.2, 0) is 41.7 Å². The second-order valence-corrected chi connectivity index (χ2v) is 17.6. The molecule has 6 nitrogen and oxygen atoms in total. The summed E-state index contributed by atoms with van der Waals surface area (Å²) in [7, 11) is 0. The molecule has 0 heterocycles. The van der Waals surface area contributed by atoms with Crippen molar-refractivity contribution in [1.82, 2.24) is 0 Å². The molecule has 0 saturated carbocycles. The van der Waals surface area contributed by atoms with Gasteiger partial charge in [0, 0.05) is 0 Å². The molecular weight excluding hydrogens is 501 g/mol. The number of hydrogen-bond acceptors (Lipinski definition) is 10. The van der Waals surface area contributed by atoms with Crippen LogP contribution < -0.4 is 34.7 Å². The van der Waals surface area contributed by atoms with Crippen LogP contribution in [0.15, 0.2) is 30.3 Å². The first-order valence-electron chi connectivity index (χ1n) is 8.59. The molecule has 13 heteroatoms. The van der Waals surface area contributed by atoms with Crippen molar-refractivity contribution in [1.29, 1.82) is 0 Å². The van der Waals surface area contributed by atoms with Gasteiger partial charge in [-0.1, -0.05) is 53.1 Å². The summed E-state index contributed by atoms with van der Waals surface area (Å²) >= 11 is 13.9. The van der Waals surface area contributed by atoms with Crippen LogP contribution >= 0.6 is 34.2 Å². The van der Waals surface area contributed by atoms with Crippen molar-refractivity contribution in [3.8, 4) is 0 Å². The summed E-state index contributed by atoms with van der Waals surface area (Å²) in [6.45, 7) is 9.88. The molecule has 0 bridgehead atoms. The number of rotatable bonds is 13. The Kier molecular flexibility index (Phi) is 21.5. The van der Waals surface area contributed by atoms with E-state index in [2.05, 4.69) is 0 Å². The number of benzene rings is 1. The minimum Gasteiger partial charge on any atom is -0.545 e. The van der Waals surface area contributed by atoms with Gasteiger partial charge in [0.15, 0.2) is 0 Å². The molecule has 0 aliphatic rings. The molecule has 0 amide bonds. The third-order valence-electron chi connectivity index (χ3n) is 2.58. The van der Waals surface area contributed by atoms with Gasteiger partial charge < -0.3 is 28.0 Å². The standard InChI is InChI=1S/C9H22O4P2S4.C7H6O2.Na/c1-5-10-14(16,11-6-2)18-9-19-15(17,12-7-3)13-8-4;8-7(9)6-4-2-1-3-5-6;/h5-9H2,1-4H3;1-5H,(H,8,9);/q;;+1/p-1. The molecule has 0 atom stereocenters. The van der Waals surface area contributed by atoms with E-state index in [1.54, 1.807) is 18.2 Å². The number of carbonyl (C=O) groups excluding carboxylic acids is 1. The predicted molar refractivity (Wildman–Crippen MR) is 126 cm³/mol. The predicted octanol–water partition coefficient (Wildman–Crippen LogP) is 2.06. The zero-order valence-corrected chi connectivity index (χ0v) is 24.5. The van der Waals surface area contributed by atoms with Crippen LogP contribution in [0.1, 0.15) is 38.1 Å².